The van der Waals surface area contributed by atoms with Crippen molar-refractivity contribution in [3.05, 3.63) is 102 Å². The lowest BCUT2D eigenvalue weighted by atomic mass is 10.2. The molecule has 0 aliphatic heterocycles. The van der Waals surface area contributed by atoms with Crippen molar-refractivity contribution in [2.24, 2.45) is 0 Å². The number of methoxy groups -OCH3 is 1. The third-order valence-corrected chi connectivity index (χ3v) is 6.67. The molecule has 0 spiro atoms. The van der Waals surface area contributed by atoms with E-state index in [1.165, 1.54) is 0 Å². The molecule has 0 aliphatic rings. The Morgan fingerprint density at radius 3 is 2.55 bits per heavy atom. The van der Waals surface area contributed by atoms with Crippen LogP contribution in [0.2, 0.25) is 0 Å². The van der Waals surface area contributed by atoms with Gasteiger partial charge in [0.1, 0.15) is 5.82 Å². The molecule has 208 valence electrons. The molecule has 0 saturated carbocycles. The first-order chi connectivity index (χ1) is 19.7. The maximum Gasteiger partial charge on any atom is 0.243 e. The third-order valence-electron chi connectivity index (χ3n) is 6.67. The molecule has 4 rings (SSSR count). The molecule has 1 heterocycles. The van der Waals surface area contributed by atoms with Crippen molar-refractivity contribution in [3.63, 3.8) is 0 Å². The average Bonchev–Trinajstić information content (AvgIpc) is 3.34. The summed E-state index contributed by atoms with van der Waals surface area (Å²) < 4.78 is 13.9. The van der Waals surface area contributed by atoms with Crippen LogP contribution in [0, 0.1) is 0 Å². The van der Waals surface area contributed by atoms with Crippen molar-refractivity contribution in [2.75, 3.05) is 20.3 Å². The van der Waals surface area contributed by atoms with E-state index in [2.05, 4.69) is 28.1 Å². The van der Waals surface area contributed by atoms with Crippen LogP contribution in [0.1, 0.15) is 49.6 Å². The Bertz CT molecular complexity index is 1420. The highest BCUT2D eigenvalue weighted by atomic mass is 16.5. The molecule has 0 fully saturated rings. The standard InChI is InChI=1S/C34H39N3O3/c1-3-13-28-19-21-31(32(26-28)39-2)40-25-12-24-37-30-17-10-9-16-29(30)36-33(37)18-8-5-11-23-35-34(38)22-20-27-14-6-4-7-15-27/h3-4,6-7,9-10,13-17,19-22,26H,5,8,11-12,18,23-25H2,1-2H3,(H,35,38)/b13-3+,22-20+. The van der Waals surface area contributed by atoms with Gasteiger partial charge in [0.2, 0.25) is 5.91 Å². The highest BCUT2D eigenvalue weighted by Crippen LogP contribution is 2.29. The summed E-state index contributed by atoms with van der Waals surface area (Å²) in [6.07, 6.45) is 12.2. The van der Waals surface area contributed by atoms with Gasteiger partial charge in [-0.2, -0.15) is 0 Å². The van der Waals surface area contributed by atoms with Gasteiger partial charge in [0, 0.05) is 25.6 Å². The molecule has 1 aromatic heterocycles. The van der Waals surface area contributed by atoms with Crippen molar-refractivity contribution in [3.8, 4) is 11.5 Å². The van der Waals surface area contributed by atoms with Gasteiger partial charge in [0.15, 0.2) is 11.5 Å². The second-order valence-electron chi connectivity index (χ2n) is 9.63. The number of nitrogens with one attached hydrogen (secondary N) is 1. The lowest BCUT2D eigenvalue weighted by Crippen LogP contribution is -2.22. The van der Waals surface area contributed by atoms with Gasteiger partial charge in [-0.25, -0.2) is 4.98 Å². The molecule has 0 radical (unpaired) electrons. The number of para-hydroxylation sites is 2. The Labute approximate surface area is 237 Å². The largest absolute Gasteiger partial charge is 0.493 e. The molecule has 6 nitrogen and oxygen atoms in total. The van der Waals surface area contributed by atoms with Crippen LogP contribution in [0.15, 0.2) is 84.9 Å². The SMILES string of the molecule is C/C=C/c1ccc(OCCCn2c(CCCCCNC(=O)/C=C/c3ccccc3)nc3ccccc32)c(OC)c1. The van der Waals surface area contributed by atoms with Crippen LogP contribution < -0.4 is 14.8 Å². The van der Waals surface area contributed by atoms with Crippen molar-refractivity contribution in [1.29, 1.82) is 0 Å². The molecule has 0 unspecified atom stereocenters. The maximum absolute atomic E-state index is 12.1. The fourth-order valence-corrected chi connectivity index (χ4v) is 4.66. The minimum atomic E-state index is -0.0563. The minimum absolute atomic E-state index is 0.0563. The molecule has 40 heavy (non-hydrogen) atoms. The van der Waals surface area contributed by atoms with Gasteiger partial charge in [0.05, 0.1) is 24.8 Å². The second kappa shape index (κ2) is 15.3. The fraction of sp³-hybridized carbons (Fsp3) is 0.294. The summed E-state index contributed by atoms with van der Waals surface area (Å²) in [5.74, 6) is 2.55. The van der Waals surface area contributed by atoms with E-state index >= 15 is 0 Å². The van der Waals surface area contributed by atoms with E-state index in [0.717, 1.165) is 78.1 Å². The van der Waals surface area contributed by atoms with Gasteiger partial charge in [-0.3, -0.25) is 4.79 Å². The number of hydrogen-bond acceptors (Lipinski definition) is 4. The van der Waals surface area contributed by atoms with Gasteiger partial charge in [-0.05, 0) is 67.7 Å². The monoisotopic (exact) mass is 537 g/mol. The number of aryl methyl sites for hydroxylation is 2. The van der Waals surface area contributed by atoms with E-state index in [4.69, 9.17) is 14.5 Å². The number of allylic oxidation sites excluding steroid dienone is 1. The van der Waals surface area contributed by atoms with Crippen LogP contribution in [0.4, 0.5) is 0 Å². The lowest BCUT2D eigenvalue weighted by molar-refractivity contribution is -0.116. The number of carbonyl (C=O) groups excluding carboxylic acids is 1. The highest BCUT2D eigenvalue weighted by molar-refractivity contribution is 5.91. The first kappa shape index (κ1) is 28.7. The van der Waals surface area contributed by atoms with E-state index < -0.39 is 0 Å². The molecule has 3 aromatic carbocycles. The van der Waals surface area contributed by atoms with Crippen LogP contribution in [0.3, 0.4) is 0 Å². The number of ether oxygens (including phenoxy) is 2. The summed E-state index contributed by atoms with van der Waals surface area (Å²) in [7, 11) is 1.67. The van der Waals surface area contributed by atoms with Gasteiger partial charge in [-0.1, -0.05) is 67.1 Å². The Hall–Kier alpha value is -4.32. The Kier molecular flexibility index (Phi) is 11.0. The van der Waals surface area contributed by atoms with Crippen LogP contribution in [0.25, 0.3) is 23.2 Å². The van der Waals surface area contributed by atoms with E-state index in [0.29, 0.717) is 13.2 Å². The van der Waals surface area contributed by atoms with Crippen molar-refractivity contribution in [1.82, 2.24) is 14.9 Å². The van der Waals surface area contributed by atoms with E-state index in [1.807, 2.05) is 79.7 Å². The number of rotatable bonds is 15. The van der Waals surface area contributed by atoms with Crippen LogP contribution in [-0.4, -0.2) is 35.7 Å². The predicted molar refractivity (Wildman–Crippen MR) is 164 cm³/mol. The van der Waals surface area contributed by atoms with Crippen LogP contribution in [0.5, 0.6) is 11.5 Å². The molecule has 0 bridgehead atoms. The minimum Gasteiger partial charge on any atom is -0.493 e. The molecule has 0 saturated heterocycles. The van der Waals surface area contributed by atoms with Crippen LogP contribution in [-0.2, 0) is 17.8 Å². The van der Waals surface area contributed by atoms with Crippen LogP contribution >= 0.6 is 0 Å². The fourth-order valence-electron chi connectivity index (χ4n) is 4.66. The molecular formula is C34H39N3O3. The summed E-state index contributed by atoms with van der Waals surface area (Å²) in [6, 6.07) is 24.1. The number of unbranched alkanes of at least 4 members (excludes halogenated alkanes) is 2. The Morgan fingerprint density at radius 2 is 1.73 bits per heavy atom. The quantitative estimate of drug-likeness (QED) is 0.130. The third kappa shape index (κ3) is 8.34. The predicted octanol–water partition coefficient (Wildman–Crippen LogP) is 7.09. The number of imidazole rings is 1. The van der Waals surface area contributed by atoms with E-state index in [9.17, 15) is 4.79 Å². The summed E-state index contributed by atoms with van der Waals surface area (Å²) in [4.78, 5) is 17.0. The number of benzene rings is 3. The van der Waals surface area contributed by atoms with Crippen molar-refractivity contribution < 1.29 is 14.3 Å². The van der Waals surface area contributed by atoms with Gasteiger partial charge in [0.25, 0.3) is 0 Å². The number of amides is 1. The number of hydrogen-bond donors (Lipinski definition) is 1. The Balaban J connectivity index is 1.24. The van der Waals surface area contributed by atoms with Gasteiger partial charge >= 0.3 is 0 Å². The molecule has 0 atom stereocenters. The highest BCUT2D eigenvalue weighted by Gasteiger charge is 2.11. The summed E-state index contributed by atoms with van der Waals surface area (Å²) in [5, 5.41) is 2.98. The van der Waals surface area contributed by atoms with Crippen molar-refractivity contribution in [2.45, 2.75) is 45.6 Å². The van der Waals surface area contributed by atoms with Gasteiger partial charge < -0.3 is 19.4 Å². The molecule has 1 N–H and O–H groups in total. The number of carbonyl (C=O) groups is 1. The molecule has 6 heteroatoms. The zero-order chi connectivity index (χ0) is 28.0. The summed E-state index contributed by atoms with van der Waals surface area (Å²) in [6.45, 7) is 4.09. The normalized spacial score (nSPS) is 11.4. The molecule has 4 aromatic rings. The molecular weight excluding hydrogens is 498 g/mol. The number of nitrogens with zero attached hydrogens (tertiary/aromatic N) is 2. The molecule has 0 aliphatic carbocycles. The molecule has 1 amide bonds. The second-order valence-corrected chi connectivity index (χ2v) is 9.63. The number of aromatic nitrogens is 2. The first-order valence-electron chi connectivity index (χ1n) is 14.1. The Morgan fingerprint density at radius 1 is 0.900 bits per heavy atom. The maximum atomic E-state index is 12.1. The van der Waals surface area contributed by atoms with E-state index in [-0.39, 0.29) is 5.91 Å². The lowest BCUT2D eigenvalue weighted by Gasteiger charge is -2.13. The first-order valence-corrected chi connectivity index (χ1v) is 14.1. The average molecular weight is 538 g/mol. The van der Waals surface area contributed by atoms with Crippen molar-refractivity contribution >= 4 is 29.1 Å². The summed E-state index contributed by atoms with van der Waals surface area (Å²) >= 11 is 0. The zero-order valence-corrected chi connectivity index (χ0v) is 23.5. The van der Waals surface area contributed by atoms with Gasteiger partial charge in [-0.15, -0.1) is 0 Å². The number of fused-ring (bicyclic) bond motifs is 1. The summed E-state index contributed by atoms with van der Waals surface area (Å²) in [5.41, 5.74) is 4.29. The zero-order valence-electron chi connectivity index (χ0n) is 23.5. The topological polar surface area (TPSA) is 65.4 Å². The van der Waals surface area contributed by atoms with E-state index in [1.54, 1.807) is 13.2 Å². The smallest absolute Gasteiger partial charge is 0.243 e.